The second-order valence-electron chi connectivity index (χ2n) is 7.35. The zero-order valence-corrected chi connectivity index (χ0v) is 18.2. The van der Waals surface area contributed by atoms with Crippen LogP contribution >= 0.6 is 11.6 Å². The topological polar surface area (TPSA) is 104 Å². The number of anilines is 1. The molecular weight excluding hydrogens is 436 g/mol. The van der Waals surface area contributed by atoms with Crippen molar-refractivity contribution >= 4 is 41.0 Å². The van der Waals surface area contributed by atoms with Crippen LogP contribution < -0.4 is 9.64 Å². The van der Waals surface area contributed by atoms with Crippen LogP contribution in [0.3, 0.4) is 0 Å². The van der Waals surface area contributed by atoms with Crippen LogP contribution in [0.1, 0.15) is 24.8 Å². The highest BCUT2D eigenvalue weighted by Gasteiger charge is 2.44. The average molecular weight is 459 g/mol. The van der Waals surface area contributed by atoms with E-state index in [2.05, 4.69) is 0 Å². The van der Waals surface area contributed by atoms with Crippen molar-refractivity contribution in [1.29, 1.82) is 0 Å². The number of hydrogen-bond donors (Lipinski definition) is 1. The Bertz CT molecular complexity index is 1020. The second kappa shape index (κ2) is 10.3. The van der Waals surface area contributed by atoms with Gasteiger partial charge in [-0.3, -0.25) is 19.2 Å². The number of carbonyl (C=O) groups excluding carboxylic acids is 3. The largest absolute Gasteiger partial charge is 0.497 e. The summed E-state index contributed by atoms with van der Waals surface area (Å²) in [4.78, 5) is 51.9. The van der Waals surface area contributed by atoms with E-state index in [1.807, 2.05) is 12.1 Å². The SMILES string of the molecule is COc1ccc(CCN(C(=O)CCC(=O)O)C2CC(=O)N(c3cccc(Cl)c3)C2=O)cc1. The van der Waals surface area contributed by atoms with Gasteiger partial charge >= 0.3 is 5.97 Å². The van der Waals surface area contributed by atoms with E-state index in [9.17, 15) is 19.2 Å². The van der Waals surface area contributed by atoms with Gasteiger partial charge in [0, 0.05) is 18.0 Å². The molecule has 2 aromatic rings. The van der Waals surface area contributed by atoms with E-state index in [0.717, 1.165) is 10.5 Å². The standard InChI is InChI=1S/C23H23ClN2O6/c1-32-18-7-5-15(6-8-18)11-12-25(20(27)9-10-22(29)30)19-14-21(28)26(23(19)31)17-4-2-3-16(24)13-17/h2-8,13,19H,9-12,14H2,1H3,(H,29,30). The summed E-state index contributed by atoms with van der Waals surface area (Å²) in [5, 5.41) is 9.33. The fourth-order valence-corrected chi connectivity index (χ4v) is 3.78. The Kier molecular flexibility index (Phi) is 7.48. The number of nitrogens with zero attached hydrogens (tertiary/aromatic N) is 2. The highest BCUT2D eigenvalue weighted by molar-refractivity contribution is 6.31. The maximum absolute atomic E-state index is 13.1. The van der Waals surface area contributed by atoms with Gasteiger partial charge in [-0.15, -0.1) is 0 Å². The van der Waals surface area contributed by atoms with Crippen LogP contribution in [0.2, 0.25) is 5.02 Å². The molecule has 1 unspecified atom stereocenters. The number of carboxylic acid groups (broad SMARTS) is 1. The van der Waals surface area contributed by atoms with Gasteiger partial charge in [0.1, 0.15) is 11.8 Å². The summed E-state index contributed by atoms with van der Waals surface area (Å²) in [7, 11) is 1.56. The molecule has 3 amide bonds. The lowest BCUT2D eigenvalue weighted by Crippen LogP contribution is -2.46. The molecule has 0 spiro atoms. The van der Waals surface area contributed by atoms with Crippen molar-refractivity contribution in [2.75, 3.05) is 18.6 Å². The van der Waals surface area contributed by atoms with Crippen LogP contribution in [0.15, 0.2) is 48.5 Å². The van der Waals surface area contributed by atoms with Crippen molar-refractivity contribution < 1.29 is 29.0 Å². The lowest BCUT2D eigenvalue weighted by Gasteiger charge is -2.28. The van der Waals surface area contributed by atoms with Crippen LogP contribution in [0.25, 0.3) is 0 Å². The zero-order chi connectivity index (χ0) is 23.3. The Balaban J connectivity index is 1.81. The Hall–Kier alpha value is -3.39. The van der Waals surface area contributed by atoms with Gasteiger partial charge in [0.05, 0.1) is 25.6 Å². The first-order valence-corrected chi connectivity index (χ1v) is 10.4. The fourth-order valence-electron chi connectivity index (χ4n) is 3.60. The van der Waals surface area contributed by atoms with Gasteiger partial charge in [0.2, 0.25) is 11.8 Å². The number of carboxylic acids is 1. The lowest BCUT2D eigenvalue weighted by atomic mass is 10.1. The maximum atomic E-state index is 13.1. The normalized spacial score (nSPS) is 15.7. The van der Waals surface area contributed by atoms with Gasteiger partial charge in [-0.2, -0.15) is 0 Å². The highest BCUT2D eigenvalue weighted by Crippen LogP contribution is 2.28. The molecule has 0 radical (unpaired) electrons. The third-order valence-corrected chi connectivity index (χ3v) is 5.47. The number of aliphatic carboxylic acids is 1. The van der Waals surface area contributed by atoms with Gasteiger partial charge in [-0.25, -0.2) is 4.90 Å². The van der Waals surface area contributed by atoms with E-state index >= 15 is 0 Å². The molecule has 0 aliphatic carbocycles. The average Bonchev–Trinajstić information content (AvgIpc) is 3.06. The number of rotatable bonds is 9. The molecule has 1 aliphatic rings. The van der Waals surface area contributed by atoms with Crippen LogP contribution in [-0.2, 0) is 25.6 Å². The van der Waals surface area contributed by atoms with Gasteiger partial charge in [0.25, 0.3) is 5.91 Å². The van der Waals surface area contributed by atoms with Gasteiger partial charge in [-0.05, 0) is 42.3 Å². The number of ether oxygens (including phenoxy) is 1. The molecule has 0 aromatic heterocycles. The molecular formula is C23H23ClN2O6. The molecule has 1 N–H and O–H groups in total. The predicted molar refractivity (Wildman–Crippen MR) is 118 cm³/mol. The smallest absolute Gasteiger partial charge is 0.303 e. The second-order valence-corrected chi connectivity index (χ2v) is 7.78. The highest BCUT2D eigenvalue weighted by atomic mass is 35.5. The molecule has 1 fully saturated rings. The minimum Gasteiger partial charge on any atom is -0.497 e. The summed E-state index contributed by atoms with van der Waals surface area (Å²) < 4.78 is 5.14. The summed E-state index contributed by atoms with van der Waals surface area (Å²) in [6, 6.07) is 12.6. The molecule has 1 aliphatic heterocycles. The molecule has 32 heavy (non-hydrogen) atoms. The van der Waals surface area contributed by atoms with E-state index in [-0.39, 0.29) is 25.8 Å². The van der Waals surface area contributed by atoms with Crippen LogP contribution in [0.4, 0.5) is 5.69 Å². The van der Waals surface area contributed by atoms with Crippen LogP contribution in [-0.4, -0.2) is 53.4 Å². The molecule has 9 heteroatoms. The number of imide groups is 1. The summed E-state index contributed by atoms with van der Waals surface area (Å²) >= 11 is 6.00. The first-order chi connectivity index (χ1) is 15.3. The third-order valence-electron chi connectivity index (χ3n) is 5.24. The van der Waals surface area contributed by atoms with Gasteiger partial charge < -0.3 is 14.7 Å². The summed E-state index contributed by atoms with van der Waals surface area (Å²) in [6.07, 6.45) is -0.359. The van der Waals surface area contributed by atoms with Crippen molar-refractivity contribution in [3.8, 4) is 5.75 Å². The molecule has 1 atom stereocenters. The minimum atomic E-state index is -1.11. The third kappa shape index (κ3) is 5.45. The number of methoxy groups -OCH3 is 1. The zero-order valence-electron chi connectivity index (χ0n) is 17.5. The Morgan fingerprint density at radius 2 is 1.88 bits per heavy atom. The molecule has 8 nitrogen and oxygen atoms in total. The quantitative estimate of drug-likeness (QED) is 0.579. The molecule has 2 aromatic carbocycles. The van der Waals surface area contributed by atoms with Gasteiger partial charge in [0.15, 0.2) is 0 Å². The van der Waals surface area contributed by atoms with E-state index in [1.165, 1.54) is 11.0 Å². The molecule has 0 saturated carbocycles. The van der Waals surface area contributed by atoms with Crippen LogP contribution in [0, 0.1) is 0 Å². The lowest BCUT2D eigenvalue weighted by molar-refractivity contribution is -0.143. The molecule has 1 heterocycles. The van der Waals surface area contributed by atoms with E-state index in [4.69, 9.17) is 21.4 Å². The number of benzene rings is 2. The predicted octanol–water partition coefficient (Wildman–Crippen LogP) is 2.92. The Morgan fingerprint density at radius 3 is 2.50 bits per heavy atom. The number of carbonyl (C=O) groups is 4. The Morgan fingerprint density at radius 1 is 1.16 bits per heavy atom. The molecule has 1 saturated heterocycles. The minimum absolute atomic E-state index is 0.165. The Labute approximate surface area is 190 Å². The molecule has 0 bridgehead atoms. The molecule has 3 rings (SSSR count). The van der Waals surface area contributed by atoms with Gasteiger partial charge in [-0.1, -0.05) is 29.8 Å². The van der Waals surface area contributed by atoms with E-state index in [0.29, 0.717) is 22.9 Å². The van der Waals surface area contributed by atoms with E-state index < -0.39 is 29.7 Å². The first-order valence-electron chi connectivity index (χ1n) is 10.1. The number of halogens is 1. The van der Waals surface area contributed by atoms with Crippen molar-refractivity contribution in [2.24, 2.45) is 0 Å². The molecule has 168 valence electrons. The van der Waals surface area contributed by atoms with Crippen molar-refractivity contribution in [1.82, 2.24) is 4.90 Å². The summed E-state index contributed by atoms with van der Waals surface area (Å²) in [5.74, 6) is -1.88. The van der Waals surface area contributed by atoms with Crippen LogP contribution in [0.5, 0.6) is 5.75 Å². The number of hydrogen-bond acceptors (Lipinski definition) is 5. The summed E-state index contributed by atoms with van der Waals surface area (Å²) in [6.45, 7) is 0.165. The monoisotopic (exact) mass is 458 g/mol. The van der Waals surface area contributed by atoms with Crippen molar-refractivity contribution in [3.05, 3.63) is 59.1 Å². The maximum Gasteiger partial charge on any atom is 0.303 e. The van der Waals surface area contributed by atoms with E-state index in [1.54, 1.807) is 37.4 Å². The van der Waals surface area contributed by atoms with Crippen molar-refractivity contribution in [2.45, 2.75) is 31.7 Å². The number of amides is 3. The fraction of sp³-hybridized carbons (Fsp3) is 0.304. The first kappa shape index (κ1) is 23.3. The summed E-state index contributed by atoms with van der Waals surface area (Å²) in [5.41, 5.74) is 1.24. The van der Waals surface area contributed by atoms with Crippen molar-refractivity contribution in [3.63, 3.8) is 0 Å².